The molecule has 0 radical (unpaired) electrons. The predicted octanol–water partition coefficient (Wildman–Crippen LogP) is 5.28. The molecule has 1 aromatic carbocycles. The number of hydrogen-bond donors (Lipinski definition) is 2. The molecule has 0 spiro atoms. The van der Waals surface area contributed by atoms with Crippen LogP contribution in [0.5, 0.6) is 5.75 Å². The van der Waals surface area contributed by atoms with Crippen LogP contribution < -0.4 is 15.2 Å². The zero-order valence-corrected chi connectivity index (χ0v) is 23.9. The van der Waals surface area contributed by atoms with Crippen LogP contribution in [0.2, 0.25) is 4.34 Å². The number of rotatable bonds is 9. The standard InChI is InChI=1S/C27H34ClF2N3O4S2/c28-24-13-12-23(38-24)27(29,30)25(26(34)33-19-6-7-20(33)15-18(31)14-19)32-39(35,36)22-10-8-21(9-11-22)37-16-17-4-2-1-3-5-17/h8-13,17-20,25,32H,1-7,14-16,31H2/t18?,19?,20?,25-/m0/s1. The molecule has 2 aromatic rings. The number of fused-ring (bicyclic) bond motifs is 2. The van der Waals surface area contributed by atoms with Crippen molar-refractivity contribution in [2.75, 3.05) is 6.61 Å². The molecule has 3 N–H and O–H groups in total. The molecule has 3 atom stereocenters. The summed E-state index contributed by atoms with van der Waals surface area (Å²) >= 11 is 6.54. The predicted molar refractivity (Wildman–Crippen MR) is 147 cm³/mol. The smallest absolute Gasteiger partial charge is 0.307 e. The van der Waals surface area contributed by atoms with E-state index >= 15 is 8.78 Å². The number of amides is 1. The summed E-state index contributed by atoms with van der Waals surface area (Å²) in [6.45, 7) is 0.554. The van der Waals surface area contributed by atoms with Crippen molar-refractivity contribution in [2.45, 2.75) is 92.8 Å². The first kappa shape index (κ1) is 28.7. The molecular formula is C27H34ClF2N3O4S2. The van der Waals surface area contributed by atoms with Gasteiger partial charge in [-0.15, -0.1) is 11.3 Å². The van der Waals surface area contributed by atoms with E-state index in [1.807, 2.05) is 0 Å². The number of sulfonamides is 1. The van der Waals surface area contributed by atoms with Gasteiger partial charge in [0.2, 0.25) is 15.9 Å². The molecule has 2 aliphatic heterocycles. The van der Waals surface area contributed by atoms with Crippen molar-refractivity contribution in [2.24, 2.45) is 11.7 Å². The summed E-state index contributed by atoms with van der Waals surface area (Å²) < 4.78 is 66.6. The average Bonchev–Trinajstić information content (AvgIpc) is 3.47. The second-order valence-corrected chi connectivity index (χ2v) is 14.4. The summed E-state index contributed by atoms with van der Waals surface area (Å²) in [5.41, 5.74) is 6.11. The fraction of sp³-hybridized carbons (Fsp3) is 0.593. The Hall–Kier alpha value is -1.79. The Morgan fingerprint density at radius 1 is 1.08 bits per heavy atom. The zero-order valence-electron chi connectivity index (χ0n) is 21.5. The van der Waals surface area contributed by atoms with Crippen molar-refractivity contribution in [1.29, 1.82) is 0 Å². The van der Waals surface area contributed by atoms with E-state index < -0.39 is 32.8 Å². The van der Waals surface area contributed by atoms with E-state index in [0.29, 0.717) is 55.3 Å². The third kappa shape index (κ3) is 6.27. The molecule has 7 nitrogen and oxygen atoms in total. The summed E-state index contributed by atoms with van der Waals surface area (Å²) in [6.07, 6.45) is 8.14. The van der Waals surface area contributed by atoms with Crippen molar-refractivity contribution in [3.05, 3.63) is 45.6 Å². The molecule has 1 aromatic heterocycles. The van der Waals surface area contributed by atoms with Gasteiger partial charge in [-0.05, 0) is 80.8 Å². The number of hydrogen-bond acceptors (Lipinski definition) is 6. The second kappa shape index (κ2) is 11.6. The largest absolute Gasteiger partial charge is 0.493 e. The number of alkyl halides is 2. The number of nitrogens with zero attached hydrogens (tertiary/aromatic N) is 1. The van der Waals surface area contributed by atoms with Gasteiger partial charge in [-0.1, -0.05) is 30.9 Å². The summed E-state index contributed by atoms with van der Waals surface area (Å²) in [5.74, 6) is -3.79. The van der Waals surface area contributed by atoms with Crippen molar-refractivity contribution < 1.29 is 26.7 Å². The molecule has 5 rings (SSSR count). The molecule has 39 heavy (non-hydrogen) atoms. The van der Waals surface area contributed by atoms with E-state index in [1.54, 1.807) is 0 Å². The maximum absolute atomic E-state index is 15.9. The lowest BCUT2D eigenvalue weighted by Crippen LogP contribution is -2.60. The van der Waals surface area contributed by atoms with Crippen LogP contribution in [0.25, 0.3) is 0 Å². The molecule has 2 unspecified atom stereocenters. The Bertz CT molecular complexity index is 1250. The van der Waals surface area contributed by atoms with Crippen LogP contribution in [0.1, 0.15) is 62.7 Å². The number of carbonyl (C=O) groups is 1. The summed E-state index contributed by atoms with van der Waals surface area (Å²) in [4.78, 5) is 14.4. The van der Waals surface area contributed by atoms with Crippen molar-refractivity contribution >= 4 is 38.9 Å². The zero-order chi connectivity index (χ0) is 27.8. The highest BCUT2D eigenvalue weighted by atomic mass is 35.5. The van der Waals surface area contributed by atoms with Gasteiger partial charge in [-0.2, -0.15) is 13.5 Å². The lowest BCUT2D eigenvalue weighted by molar-refractivity contribution is -0.148. The third-order valence-corrected chi connectivity index (χ3v) is 10.9. The minimum absolute atomic E-state index is 0.114. The maximum Gasteiger partial charge on any atom is 0.307 e. The van der Waals surface area contributed by atoms with Crippen molar-refractivity contribution in [1.82, 2.24) is 9.62 Å². The quantitative estimate of drug-likeness (QED) is 0.407. The first-order chi connectivity index (χ1) is 18.5. The average molecular weight is 602 g/mol. The highest BCUT2D eigenvalue weighted by Gasteiger charge is 2.54. The van der Waals surface area contributed by atoms with Gasteiger partial charge in [-0.25, -0.2) is 8.42 Å². The maximum atomic E-state index is 15.9. The van der Waals surface area contributed by atoms with Crippen molar-refractivity contribution in [3.8, 4) is 5.75 Å². The summed E-state index contributed by atoms with van der Waals surface area (Å²) in [7, 11) is -4.49. The van der Waals surface area contributed by atoms with Gasteiger partial charge in [0, 0.05) is 18.1 Å². The fourth-order valence-electron chi connectivity index (χ4n) is 6.15. The topological polar surface area (TPSA) is 102 Å². The monoisotopic (exact) mass is 601 g/mol. The molecule has 1 saturated carbocycles. The number of nitrogens with one attached hydrogen (secondary N) is 1. The molecule has 2 saturated heterocycles. The lowest BCUT2D eigenvalue weighted by atomic mass is 9.90. The van der Waals surface area contributed by atoms with Gasteiger partial charge < -0.3 is 15.4 Å². The highest BCUT2D eigenvalue weighted by Crippen LogP contribution is 2.42. The van der Waals surface area contributed by atoms with E-state index in [-0.39, 0.29) is 27.4 Å². The molecule has 214 valence electrons. The van der Waals surface area contributed by atoms with Gasteiger partial charge in [-0.3, -0.25) is 4.79 Å². The summed E-state index contributed by atoms with van der Waals surface area (Å²) in [5, 5.41) is 0. The van der Waals surface area contributed by atoms with Crippen LogP contribution in [0.3, 0.4) is 0 Å². The minimum Gasteiger partial charge on any atom is -0.493 e. The van der Waals surface area contributed by atoms with E-state index in [9.17, 15) is 13.2 Å². The van der Waals surface area contributed by atoms with Gasteiger partial charge in [0.05, 0.1) is 20.7 Å². The second-order valence-electron chi connectivity index (χ2n) is 10.9. The molecule has 1 amide bonds. The van der Waals surface area contributed by atoms with Crippen molar-refractivity contribution in [3.63, 3.8) is 0 Å². The van der Waals surface area contributed by atoms with Gasteiger partial charge in [0.15, 0.2) is 6.04 Å². The summed E-state index contributed by atoms with van der Waals surface area (Å²) in [6, 6.07) is 5.04. The van der Waals surface area contributed by atoms with Gasteiger partial charge >= 0.3 is 5.92 Å². The Morgan fingerprint density at radius 2 is 1.72 bits per heavy atom. The van der Waals surface area contributed by atoms with E-state index in [1.165, 1.54) is 54.5 Å². The Kier molecular flexibility index (Phi) is 8.54. The van der Waals surface area contributed by atoms with Crippen LogP contribution in [0.15, 0.2) is 41.3 Å². The first-order valence-corrected chi connectivity index (χ1v) is 16.2. The number of nitrogens with two attached hydrogens (primary N) is 1. The lowest BCUT2D eigenvalue weighted by Gasteiger charge is -2.40. The van der Waals surface area contributed by atoms with E-state index in [4.69, 9.17) is 22.1 Å². The molecular weight excluding hydrogens is 568 g/mol. The van der Waals surface area contributed by atoms with Crippen LogP contribution in [0.4, 0.5) is 8.78 Å². The van der Waals surface area contributed by atoms with Crippen LogP contribution in [-0.2, 0) is 20.7 Å². The molecule has 2 bridgehead atoms. The number of carbonyl (C=O) groups excluding carboxylic acids is 1. The minimum atomic E-state index is -4.49. The number of piperidine rings is 1. The molecule has 12 heteroatoms. The Balaban J connectivity index is 1.37. The molecule has 1 aliphatic carbocycles. The first-order valence-electron chi connectivity index (χ1n) is 13.5. The number of halogens is 3. The van der Waals surface area contributed by atoms with Gasteiger partial charge in [0.1, 0.15) is 5.75 Å². The number of benzene rings is 1. The van der Waals surface area contributed by atoms with E-state index in [0.717, 1.165) is 18.9 Å². The Labute approximate surface area is 237 Å². The van der Waals surface area contributed by atoms with E-state index in [2.05, 4.69) is 4.72 Å². The number of thiophene rings is 1. The normalized spacial score (nSPS) is 25.0. The van der Waals surface area contributed by atoms with Gasteiger partial charge in [0.25, 0.3) is 0 Å². The SMILES string of the molecule is NC1CC2CCC(C1)N2C(=O)[C@H](NS(=O)(=O)c1ccc(OCC2CCCCC2)cc1)C(F)(F)c1ccc(Cl)s1. The molecule has 3 aliphatic rings. The number of ether oxygens (including phenoxy) is 1. The van der Waals surface area contributed by atoms with Crippen LogP contribution >= 0.6 is 22.9 Å². The highest BCUT2D eigenvalue weighted by molar-refractivity contribution is 7.89. The van der Waals surface area contributed by atoms with Crippen LogP contribution in [0, 0.1) is 5.92 Å². The Morgan fingerprint density at radius 3 is 2.31 bits per heavy atom. The third-order valence-electron chi connectivity index (χ3n) is 8.15. The molecule has 3 fully saturated rings. The fourth-order valence-corrected chi connectivity index (χ4v) is 8.39. The molecule has 3 heterocycles. The van der Waals surface area contributed by atoms with Crippen LogP contribution in [-0.4, -0.2) is 50.0 Å².